The van der Waals surface area contributed by atoms with E-state index in [1.807, 2.05) is 30.1 Å². The lowest BCUT2D eigenvalue weighted by atomic mass is 9.88. The van der Waals surface area contributed by atoms with E-state index in [0.29, 0.717) is 6.54 Å². The number of nitrogens with two attached hydrogens (primary N) is 1. The molecular formula is C14H17ClN2O. The van der Waals surface area contributed by atoms with E-state index >= 15 is 0 Å². The number of amides is 1. The molecule has 1 saturated carbocycles. The minimum atomic E-state index is -0.389. The number of benzene rings is 1. The van der Waals surface area contributed by atoms with Gasteiger partial charge in [0.25, 0.3) is 0 Å². The third-order valence-corrected chi connectivity index (χ3v) is 4.77. The van der Waals surface area contributed by atoms with E-state index in [-0.39, 0.29) is 17.2 Å². The van der Waals surface area contributed by atoms with Gasteiger partial charge in [-0.3, -0.25) is 4.79 Å². The molecule has 1 spiro atoms. The lowest BCUT2D eigenvalue weighted by Crippen LogP contribution is -2.37. The summed E-state index contributed by atoms with van der Waals surface area (Å²) in [6.45, 7) is 1.29. The van der Waals surface area contributed by atoms with Crippen molar-refractivity contribution in [2.24, 2.45) is 11.7 Å². The van der Waals surface area contributed by atoms with Gasteiger partial charge in [-0.15, -0.1) is 0 Å². The second kappa shape index (κ2) is 3.97. The molecule has 2 aliphatic rings. The maximum absolute atomic E-state index is 12.6. The minimum absolute atomic E-state index is 0.207. The number of hydrogen-bond acceptors (Lipinski definition) is 2. The van der Waals surface area contributed by atoms with Gasteiger partial charge in [-0.05, 0) is 42.5 Å². The van der Waals surface area contributed by atoms with Crippen LogP contribution in [0.1, 0.15) is 17.5 Å². The van der Waals surface area contributed by atoms with E-state index in [4.69, 9.17) is 17.3 Å². The third kappa shape index (κ3) is 1.44. The summed E-state index contributed by atoms with van der Waals surface area (Å²) in [5, 5.41) is 0.776. The van der Waals surface area contributed by atoms with Crippen molar-refractivity contribution in [2.45, 2.75) is 18.3 Å². The van der Waals surface area contributed by atoms with E-state index in [9.17, 15) is 4.79 Å². The quantitative estimate of drug-likeness (QED) is 0.837. The van der Waals surface area contributed by atoms with E-state index in [1.54, 1.807) is 0 Å². The smallest absolute Gasteiger partial charge is 0.233 e. The molecule has 2 unspecified atom stereocenters. The second-order valence-corrected chi connectivity index (χ2v) is 5.76. The molecule has 18 heavy (non-hydrogen) atoms. The number of halogens is 1. The zero-order valence-corrected chi connectivity index (χ0v) is 11.2. The summed E-state index contributed by atoms with van der Waals surface area (Å²) >= 11 is 6.30. The van der Waals surface area contributed by atoms with Gasteiger partial charge in [-0.25, -0.2) is 0 Å². The summed E-state index contributed by atoms with van der Waals surface area (Å²) in [6.07, 6.45) is 1.69. The Bertz CT molecular complexity index is 517. The van der Waals surface area contributed by atoms with Crippen molar-refractivity contribution in [2.75, 3.05) is 20.1 Å². The van der Waals surface area contributed by atoms with Crippen LogP contribution in [0.5, 0.6) is 0 Å². The predicted molar refractivity (Wildman–Crippen MR) is 71.6 cm³/mol. The average molecular weight is 265 g/mol. The van der Waals surface area contributed by atoms with Crippen molar-refractivity contribution >= 4 is 17.5 Å². The highest BCUT2D eigenvalue weighted by molar-refractivity contribution is 6.31. The predicted octanol–water partition coefficient (Wildman–Crippen LogP) is 1.57. The SMILES string of the molecule is CN1CCc2c(Cl)cccc2C2(CC2CN)C1=O. The summed E-state index contributed by atoms with van der Waals surface area (Å²) in [4.78, 5) is 14.4. The van der Waals surface area contributed by atoms with Crippen LogP contribution in [0.2, 0.25) is 5.02 Å². The Hall–Kier alpha value is -1.06. The van der Waals surface area contributed by atoms with Crippen LogP contribution in [0.15, 0.2) is 18.2 Å². The molecule has 0 aromatic heterocycles. The lowest BCUT2D eigenvalue weighted by Gasteiger charge is -2.21. The molecule has 0 bridgehead atoms. The third-order valence-electron chi connectivity index (χ3n) is 4.41. The van der Waals surface area contributed by atoms with Gasteiger partial charge < -0.3 is 10.6 Å². The molecule has 1 aliphatic heterocycles. The summed E-state index contributed by atoms with van der Waals surface area (Å²) in [6, 6.07) is 5.89. The Morgan fingerprint density at radius 3 is 3.00 bits per heavy atom. The summed E-state index contributed by atoms with van der Waals surface area (Å²) in [5.74, 6) is 0.474. The van der Waals surface area contributed by atoms with Crippen LogP contribution in [0.25, 0.3) is 0 Å². The van der Waals surface area contributed by atoms with Crippen LogP contribution in [-0.2, 0) is 16.6 Å². The molecule has 3 rings (SSSR count). The number of fused-ring (bicyclic) bond motifs is 2. The first-order chi connectivity index (χ1) is 8.61. The molecule has 2 N–H and O–H groups in total. The number of carbonyl (C=O) groups excluding carboxylic acids is 1. The maximum Gasteiger partial charge on any atom is 0.233 e. The highest BCUT2D eigenvalue weighted by Gasteiger charge is 2.62. The fourth-order valence-electron chi connectivity index (χ4n) is 3.27. The fraction of sp³-hybridized carbons (Fsp3) is 0.500. The van der Waals surface area contributed by atoms with Gasteiger partial charge in [0, 0.05) is 18.6 Å². The van der Waals surface area contributed by atoms with Crippen molar-refractivity contribution < 1.29 is 4.79 Å². The largest absolute Gasteiger partial charge is 0.345 e. The summed E-state index contributed by atoms with van der Waals surface area (Å²) in [5.41, 5.74) is 7.64. The van der Waals surface area contributed by atoms with Gasteiger partial charge in [-0.2, -0.15) is 0 Å². The first-order valence-corrected chi connectivity index (χ1v) is 6.72. The molecule has 0 radical (unpaired) electrons. The molecular weight excluding hydrogens is 248 g/mol. The minimum Gasteiger partial charge on any atom is -0.345 e. The number of carbonyl (C=O) groups is 1. The molecule has 1 aromatic rings. The van der Waals surface area contributed by atoms with Crippen LogP contribution in [0.3, 0.4) is 0 Å². The first kappa shape index (κ1) is 12.0. The standard InChI is InChI=1S/C14H17ClN2O/c1-17-6-5-10-11(3-2-4-12(10)15)14(13(17)18)7-9(14)8-16/h2-4,9H,5-8,16H2,1H3. The molecule has 1 fully saturated rings. The van der Waals surface area contributed by atoms with Gasteiger partial charge in [0.2, 0.25) is 5.91 Å². The van der Waals surface area contributed by atoms with Gasteiger partial charge >= 0.3 is 0 Å². The Labute approximate surface area is 112 Å². The van der Waals surface area contributed by atoms with Crippen LogP contribution in [0, 0.1) is 5.92 Å². The lowest BCUT2D eigenvalue weighted by molar-refractivity contribution is -0.132. The topological polar surface area (TPSA) is 46.3 Å². The Kier molecular flexibility index (Phi) is 2.65. The average Bonchev–Trinajstić information content (AvgIpc) is 3.11. The normalized spacial score (nSPS) is 30.3. The van der Waals surface area contributed by atoms with Gasteiger partial charge in [-0.1, -0.05) is 23.7 Å². The van der Waals surface area contributed by atoms with Crippen molar-refractivity contribution in [1.82, 2.24) is 4.90 Å². The van der Waals surface area contributed by atoms with Gasteiger partial charge in [0.05, 0.1) is 5.41 Å². The van der Waals surface area contributed by atoms with Crippen LogP contribution < -0.4 is 5.73 Å². The maximum atomic E-state index is 12.6. The molecule has 0 saturated heterocycles. The van der Waals surface area contributed by atoms with Crippen molar-refractivity contribution in [3.8, 4) is 0 Å². The molecule has 96 valence electrons. The van der Waals surface area contributed by atoms with Crippen LogP contribution in [-0.4, -0.2) is 30.9 Å². The number of hydrogen-bond donors (Lipinski definition) is 1. The van der Waals surface area contributed by atoms with Crippen molar-refractivity contribution in [3.05, 3.63) is 34.3 Å². The van der Waals surface area contributed by atoms with Crippen LogP contribution in [0.4, 0.5) is 0 Å². The van der Waals surface area contributed by atoms with Gasteiger partial charge in [0.1, 0.15) is 0 Å². The zero-order chi connectivity index (χ0) is 12.9. The molecule has 1 heterocycles. The molecule has 2 atom stereocenters. The fourth-order valence-corrected chi connectivity index (χ4v) is 3.54. The van der Waals surface area contributed by atoms with E-state index in [2.05, 4.69) is 0 Å². The van der Waals surface area contributed by atoms with Gasteiger partial charge in [0.15, 0.2) is 0 Å². The zero-order valence-electron chi connectivity index (χ0n) is 10.4. The summed E-state index contributed by atoms with van der Waals surface area (Å²) in [7, 11) is 1.87. The first-order valence-electron chi connectivity index (χ1n) is 6.34. The number of nitrogens with zero attached hydrogens (tertiary/aromatic N) is 1. The Morgan fingerprint density at radius 2 is 2.33 bits per heavy atom. The summed E-state index contributed by atoms with van der Waals surface area (Å²) < 4.78 is 0. The number of rotatable bonds is 1. The molecule has 1 aromatic carbocycles. The number of likely N-dealkylation sites (N-methyl/N-ethyl adjacent to an activating group) is 1. The van der Waals surface area contributed by atoms with E-state index in [1.165, 1.54) is 0 Å². The van der Waals surface area contributed by atoms with Crippen molar-refractivity contribution in [3.63, 3.8) is 0 Å². The Balaban J connectivity index is 2.18. The molecule has 1 amide bonds. The Morgan fingerprint density at radius 1 is 1.56 bits per heavy atom. The highest BCUT2D eigenvalue weighted by Crippen LogP contribution is 2.57. The highest BCUT2D eigenvalue weighted by atomic mass is 35.5. The van der Waals surface area contributed by atoms with Crippen LogP contribution >= 0.6 is 11.6 Å². The molecule has 1 aliphatic carbocycles. The van der Waals surface area contributed by atoms with Crippen molar-refractivity contribution in [1.29, 1.82) is 0 Å². The van der Waals surface area contributed by atoms with E-state index in [0.717, 1.165) is 35.5 Å². The second-order valence-electron chi connectivity index (χ2n) is 5.35. The van der Waals surface area contributed by atoms with E-state index < -0.39 is 0 Å². The molecule has 3 nitrogen and oxygen atoms in total. The molecule has 4 heteroatoms. The monoisotopic (exact) mass is 264 g/mol.